The molecule has 1 N–H and O–H groups in total. The zero-order valence-corrected chi connectivity index (χ0v) is 24.0. The molecule has 0 aliphatic carbocycles. The number of rotatable bonds is 10. The Balaban J connectivity index is 3.63. The minimum atomic E-state index is -2.56. The summed E-state index contributed by atoms with van der Waals surface area (Å²) in [5.74, 6) is 6.26. The summed E-state index contributed by atoms with van der Waals surface area (Å²) < 4.78 is 17.8. The highest BCUT2D eigenvalue weighted by molar-refractivity contribution is 6.74. The van der Waals surface area contributed by atoms with Crippen molar-refractivity contribution in [2.75, 3.05) is 7.11 Å². The Morgan fingerprint density at radius 1 is 1.03 bits per heavy atom. The molecule has 0 aliphatic heterocycles. The van der Waals surface area contributed by atoms with Gasteiger partial charge in [-0.1, -0.05) is 70.9 Å². The first-order valence-corrected chi connectivity index (χ1v) is 15.3. The fourth-order valence-electron chi connectivity index (χ4n) is 3.12. The summed E-state index contributed by atoms with van der Waals surface area (Å²) in [5, 5.41) is 11.5. The van der Waals surface area contributed by atoms with Crippen LogP contribution in [0.25, 0.3) is 0 Å². The Morgan fingerprint density at radius 2 is 1.62 bits per heavy atom. The highest BCUT2D eigenvalue weighted by Crippen LogP contribution is 2.43. The molecule has 0 bridgehead atoms. The summed E-state index contributed by atoms with van der Waals surface area (Å²) in [5.41, 5.74) is -2.08. The van der Waals surface area contributed by atoms with Crippen molar-refractivity contribution >= 4 is 14.3 Å². The van der Waals surface area contributed by atoms with Crippen molar-refractivity contribution in [1.29, 1.82) is 0 Å². The number of unbranched alkanes of at least 4 members (excludes halogenated alkanes) is 4. The molecule has 0 fully saturated rings. The average molecular weight is 491 g/mol. The molecule has 34 heavy (non-hydrogen) atoms. The number of aliphatic hydroxyl groups is 1. The third-order valence-electron chi connectivity index (χ3n) is 6.17. The molecular formula is C28H46O5Si. The molecule has 0 aliphatic rings. The molecule has 1 aromatic carbocycles. The van der Waals surface area contributed by atoms with Gasteiger partial charge in [0.25, 0.3) is 0 Å². The number of hydrogen-bond acceptors (Lipinski definition) is 5. The van der Waals surface area contributed by atoms with Gasteiger partial charge in [-0.05, 0) is 63.0 Å². The molecule has 6 heteroatoms. The predicted molar refractivity (Wildman–Crippen MR) is 141 cm³/mol. The number of ether oxygens (including phenoxy) is 2. The van der Waals surface area contributed by atoms with Crippen LogP contribution in [0.5, 0.6) is 5.75 Å². The summed E-state index contributed by atoms with van der Waals surface area (Å²) in [6.45, 7) is 18.0. The third-order valence-corrected chi connectivity index (χ3v) is 10.6. The van der Waals surface area contributed by atoms with Crippen LogP contribution in [0.15, 0.2) is 24.3 Å². The van der Waals surface area contributed by atoms with Gasteiger partial charge in [0, 0.05) is 6.42 Å². The molecule has 1 rings (SSSR count). The Labute approximate surface area is 208 Å². The van der Waals surface area contributed by atoms with Gasteiger partial charge < -0.3 is 19.0 Å². The lowest BCUT2D eigenvalue weighted by atomic mass is 9.90. The van der Waals surface area contributed by atoms with Crippen molar-refractivity contribution in [2.24, 2.45) is 0 Å². The summed E-state index contributed by atoms with van der Waals surface area (Å²) >= 11 is 0. The minimum Gasteiger partial charge on any atom is -0.497 e. The fourth-order valence-corrected chi connectivity index (χ4v) is 4.48. The summed E-state index contributed by atoms with van der Waals surface area (Å²) in [6.07, 6.45) is 3.60. The molecular weight excluding hydrogens is 444 g/mol. The van der Waals surface area contributed by atoms with Crippen LogP contribution in [0.4, 0.5) is 0 Å². The van der Waals surface area contributed by atoms with Crippen LogP contribution in [-0.4, -0.2) is 37.7 Å². The molecule has 5 nitrogen and oxygen atoms in total. The van der Waals surface area contributed by atoms with Gasteiger partial charge in [0.1, 0.15) is 17.5 Å². The van der Waals surface area contributed by atoms with Crippen molar-refractivity contribution in [3.05, 3.63) is 29.8 Å². The maximum atomic E-state index is 13.8. The lowest BCUT2D eigenvalue weighted by Crippen LogP contribution is -2.57. The average Bonchev–Trinajstić information content (AvgIpc) is 2.72. The molecule has 0 heterocycles. The van der Waals surface area contributed by atoms with Crippen molar-refractivity contribution in [2.45, 2.75) is 116 Å². The van der Waals surface area contributed by atoms with E-state index in [4.69, 9.17) is 13.9 Å². The number of methoxy groups -OCH3 is 1. The van der Waals surface area contributed by atoms with E-state index < -0.39 is 31.6 Å². The van der Waals surface area contributed by atoms with E-state index in [-0.39, 0.29) is 5.04 Å². The Hall–Kier alpha value is -1.81. The summed E-state index contributed by atoms with van der Waals surface area (Å²) in [6, 6.07) is 6.98. The Kier molecular flexibility index (Phi) is 10.9. The number of hydrogen-bond donors (Lipinski definition) is 1. The van der Waals surface area contributed by atoms with E-state index in [2.05, 4.69) is 52.6 Å². The van der Waals surface area contributed by atoms with Crippen molar-refractivity contribution in [1.82, 2.24) is 0 Å². The van der Waals surface area contributed by atoms with Crippen molar-refractivity contribution in [3.8, 4) is 17.6 Å². The standard InChI is InChI=1S/C28H46O5Si/c1-11-12-13-14-15-16-21-28(25(30)32-26(2,3)4,33-34(9,10)27(5,6)7)24(29)22-17-19-23(31-8)20-18-22/h17-20,24,29H,11-15H2,1-10H3/t24-,28-/m0/s1. The highest BCUT2D eigenvalue weighted by atomic mass is 28.4. The minimum absolute atomic E-state index is 0.206. The van der Waals surface area contributed by atoms with Crippen LogP contribution in [0.3, 0.4) is 0 Å². The van der Waals surface area contributed by atoms with Gasteiger partial charge in [-0.25, -0.2) is 4.79 Å². The maximum Gasteiger partial charge on any atom is 0.353 e. The van der Waals surface area contributed by atoms with Crippen LogP contribution in [-0.2, 0) is 14.0 Å². The van der Waals surface area contributed by atoms with Gasteiger partial charge in [0.2, 0.25) is 5.60 Å². The monoisotopic (exact) mass is 490 g/mol. The summed E-state index contributed by atoms with van der Waals surface area (Å²) in [7, 11) is -0.977. The molecule has 0 saturated carbocycles. The first kappa shape index (κ1) is 30.2. The van der Waals surface area contributed by atoms with Gasteiger partial charge in [-0.3, -0.25) is 0 Å². The summed E-state index contributed by atoms with van der Waals surface area (Å²) in [4.78, 5) is 13.8. The van der Waals surface area contributed by atoms with E-state index >= 15 is 0 Å². The molecule has 2 atom stereocenters. The topological polar surface area (TPSA) is 65.0 Å². The first-order chi connectivity index (χ1) is 15.6. The van der Waals surface area contributed by atoms with E-state index in [0.29, 0.717) is 17.7 Å². The van der Waals surface area contributed by atoms with Crippen molar-refractivity contribution < 1.29 is 23.8 Å². The van der Waals surface area contributed by atoms with Gasteiger partial charge in [-0.2, -0.15) is 0 Å². The molecule has 0 radical (unpaired) electrons. The number of esters is 1. The molecule has 0 unspecified atom stereocenters. The maximum absolute atomic E-state index is 13.8. The molecule has 1 aromatic rings. The van der Waals surface area contributed by atoms with Crippen LogP contribution in [0, 0.1) is 11.8 Å². The molecule has 0 aromatic heterocycles. The molecule has 0 spiro atoms. The molecule has 0 saturated heterocycles. The van der Waals surface area contributed by atoms with Gasteiger partial charge in [-0.15, -0.1) is 0 Å². The first-order valence-electron chi connectivity index (χ1n) is 12.4. The molecule has 0 amide bonds. The second-order valence-electron chi connectivity index (χ2n) is 11.4. The van der Waals surface area contributed by atoms with Crippen LogP contribution < -0.4 is 4.74 Å². The number of aliphatic hydroxyl groups excluding tert-OH is 1. The van der Waals surface area contributed by atoms with Crippen molar-refractivity contribution in [3.63, 3.8) is 0 Å². The Bertz CT molecular complexity index is 837. The number of carbonyl (C=O) groups excluding carboxylic acids is 1. The predicted octanol–water partition coefficient (Wildman–Crippen LogP) is 6.80. The fraction of sp³-hybridized carbons (Fsp3) is 0.679. The number of carbonyl (C=O) groups is 1. The number of benzene rings is 1. The van der Waals surface area contributed by atoms with E-state index in [0.717, 1.165) is 25.7 Å². The normalized spacial score (nSPS) is 15.0. The lowest BCUT2D eigenvalue weighted by molar-refractivity contribution is -0.178. The van der Waals surface area contributed by atoms with Gasteiger partial charge in [0.05, 0.1) is 7.11 Å². The van der Waals surface area contributed by atoms with E-state index in [9.17, 15) is 9.90 Å². The van der Waals surface area contributed by atoms with Gasteiger partial charge in [0.15, 0.2) is 8.32 Å². The van der Waals surface area contributed by atoms with E-state index in [1.165, 1.54) is 0 Å². The molecule has 192 valence electrons. The van der Waals surface area contributed by atoms with Crippen LogP contribution in [0.1, 0.15) is 92.2 Å². The lowest BCUT2D eigenvalue weighted by Gasteiger charge is -2.44. The quantitative estimate of drug-likeness (QED) is 0.169. The zero-order chi connectivity index (χ0) is 26.2. The van der Waals surface area contributed by atoms with E-state index in [1.54, 1.807) is 52.1 Å². The Morgan fingerprint density at radius 3 is 2.09 bits per heavy atom. The van der Waals surface area contributed by atoms with Gasteiger partial charge >= 0.3 is 5.97 Å². The SMILES string of the molecule is CCCCCCC#C[C@@](O[Si](C)(C)C(C)(C)C)(C(=O)OC(C)(C)C)[C@@H](O)c1ccc(OC)cc1. The smallest absolute Gasteiger partial charge is 0.353 e. The van der Waals surface area contributed by atoms with E-state index in [1.807, 2.05) is 0 Å². The van der Waals surface area contributed by atoms with Crippen LogP contribution >= 0.6 is 0 Å². The highest BCUT2D eigenvalue weighted by Gasteiger charge is 2.54. The second-order valence-corrected chi connectivity index (χ2v) is 16.1. The largest absolute Gasteiger partial charge is 0.497 e. The third kappa shape index (κ3) is 8.44. The van der Waals surface area contributed by atoms with Crippen LogP contribution in [0.2, 0.25) is 18.1 Å². The zero-order valence-electron chi connectivity index (χ0n) is 23.0. The second kappa shape index (κ2) is 12.2.